The molecule has 1 amide bonds. The van der Waals surface area contributed by atoms with E-state index in [2.05, 4.69) is 21.6 Å². The number of hydrogen-bond donors (Lipinski definition) is 1. The fourth-order valence-electron chi connectivity index (χ4n) is 3.80. The van der Waals surface area contributed by atoms with E-state index in [4.69, 9.17) is 4.74 Å². The molecule has 0 fully saturated rings. The zero-order valence-electron chi connectivity index (χ0n) is 18.1. The van der Waals surface area contributed by atoms with Crippen LogP contribution >= 0.6 is 23.1 Å². The molecule has 0 saturated heterocycles. The second-order valence-electron chi connectivity index (χ2n) is 7.69. The molecular weight excluding hydrogens is 442 g/mol. The molecule has 2 heterocycles. The molecule has 7 nitrogen and oxygen atoms in total. The van der Waals surface area contributed by atoms with E-state index in [-0.39, 0.29) is 17.8 Å². The van der Waals surface area contributed by atoms with Gasteiger partial charge in [-0.2, -0.15) is 5.26 Å². The molecule has 0 aliphatic heterocycles. The van der Waals surface area contributed by atoms with Crippen molar-refractivity contribution in [3.05, 3.63) is 52.2 Å². The lowest BCUT2D eigenvalue weighted by Crippen LogP contribution is -2.15. The van der Waals surface area contributed by atoms with Crippen LogP contribution in [0.3, 0.4) is 0 Å². The van der Waals surface area contributed by atoms with Crippen LogP contribution in [0.1, 0.15) is 54.1 Å². The minimum atomic E-state index is -0.280. The molecule has 1 aliphatic rings. The monoisotopic (exact) mass is 467 g/mol. The van der Waals surface area contributed by atoms with Gasteiger partial charge in [0.25, 0.3) is 0 Å². The summed E-state index contributed by atoms with van der Waals surface area (Å²) in [6.07, 6.45) is 5.07. The first-order valence-electron chi connectivity index (χ1n) is 10.6. The predicted octanol–water partition coefficient (Wildman–Crippen LogP) is 4.89. The number of nitrogens with zero attached hydrogens (tertiary/aromatic N) is 4. The van der Waals surface area contributed by atoms with Crippen LogP contribution in [0.2, 0.25) is 0 Å². The number of carbonyl (C=O) groups is 1. The van der Waals surface area contributed by atoms with Gasteiger partial charge in [-0.25, -0.2) is 0 Å². The molecule has 1 atom stereocenters. The number of para-hydroxylation sites is 1. The third kappa shape index (κ3) is 4.97. The van der Waals surface area contributed by atoms with Crippen LogP contribution < -0.4 is 10.1 Å². The number of nitriles is 1. The SMILES string of the molecule is CC(Oc1ccccc1)c1nnc(SCC(=O)Nc2sc3c(c2C#N)CCCCC3)n1C. The van der Waals surface area contributed by atoms with Crippen LogP contribution in [0.4, 0.5) is 5.00 Å². The maximum absolute atomic E-state index is 12.6. The third-order valence-electron chi connectivity index (χ3n) is 5.41. The van der Waals surface area contributed by atoms with E-state index in [1.807, 2.05) is 48.9 Å². The van der Waals surface area contributed by atoms with Gasteiger partial charge in [0.1, 0.15) is 16.8 Å². The van der Waals surface area contributed by atoms with Gasteiger partial charge < -0.3 is 14.6 Å². The second kappa shape index (κ2) is 10.2. The fourth-order valence-corrected chi connectivity index (χ4v) is 5.78. The highest BCUT2D eigenvalue weighted by Gasteiger charge is 2.22. The summed E-state index contributed by atoms with van der Waals surface area (Å²) < 4.78 is 7.78. The topological polar surface area (TPSA) is 92.8 Å². The van der Waals surface area contributed by atoms with Gasteiger partial charge in [0, 0.05) is 11.9 Å². The van der Waals surface area contributed by atoms with E-state index in [1.165, 1.54) is 23.1 Å². The first-order valence-corrected chi connectivity index (χ1v) is 12.4. The largest absolute Gasteiger partial charge is 0.483 e. The molecule has 0 radical (unpaired) electrons. The molecule has 1 aliphatic carbocycles. The first kappa shape index (κ1) is 22.4. The van der Waals surface area contributed by atoms with E-state index in [9.17, 15) is 10.1 Å². The number of hydrogen-bond acceptors (Lipinski definition) is 7. The number of benzene rings is 1. The number of nitrogens with one attached hydrogen (secondary N) is 1. The van der Waals surface area contributed by atoms with Gasteiger partial charge in [0.2, 0.25) is 5.91 Å². The Morgan fingerprint density at radius 1 is 1.28 bits per heavy atom. The maximum Gasteiger partial charge on any atom is 0.235 e. The van der Waals surface area contributed by atoms with E-state index >= 15 is 0 Å². The number of anilines is 1. The molecule has 1 N–H and O–H groups in total. The summed E-state index contributed by atoms with van der Waals surface area (Å²) in [5.74, 6) is 1.48. The molecule has 1 unspecified atom stereocenters. The van der Waals surface area contributed by atoms with E-state index in [0.29, 0.717) is 21.5 Å². The van der Waals surface area contributed by atoms with E-state index in [0.717, 1.165) is 37.0 Å². The van der Waals surface area contributed by atoms with E-state index < -0.39 is 0 Å². The van der Waals surface area contributed by atoms with Crippen molar-refractivity contribution >= 4 is 34.0 Å². The van der Waals surface area contributed by atoms with Crippen molar-refractivity contribution in [1.29, 1.82) is 5.26 Å². The van der Waals surface area contributed by atoms with Gasteiger partial charge in [-0.05, 0) is 50.3 Å². The Balaban J connectivity index is 1.37. The van der Waals surface area contributed by atoms with Crippen molar-refractivity contribution in [3.63, 3.8) is 0 Å². The lowest BCUT2D eigenvalue weighted by atomic mass is 10.1. The fraction of sp³-hybridized carbons (Fsp3) is 0.391. The van der Waals surface area contributed by atoms with Crippen LogP contribution in [0, 0.1) is 11.3 Å². The minimum absolute atomic E-state index is 0.152. The molecule has 4 rings (SSSR count). The van der Waals surface area contributed by atoms with Crippen LogP contribution in [-0.4, -0.2) is 26.4 Å². The maximum atomic E-state index is 12.6. The molecular formula is C23H25N5O2S2. The normalized spacial score (nSPS) is 14.2. The van der Waals surface area contributed by atoms with Crippen molar-refractivity contribution in [2.45, 2.75) is 50.3 Å². The lowest BCUT2D eigenvalue weighted by molar-refractivity contribution is -0.113. The van der Waals surface area contributed by atoms with Crippen LogP contribution in [0.5, 0.6) is 5.75 Å². The van der Waals surface area contributed by atoms with Gasteiger partial charge in [-0.1, -0.05) is 36.4 Å². The van der Waals surface area contributed by atoms with Gasteiger partial charge in [-0.3, -0.25) is 4.79 Å². The summed E-state index contributed by atoms with van der Waals surface area (Å²) in [5, 5.41) is 22.4. The number of carbonyl (C=O) groups excluding carboxylic acids is 1. The number of amides is 1. The zero-order valence-corrected chi connectivity index (χ0v) is 19.8. The van der Waals surface area contributed by atoms with Gasteiger partial charge >= 0.3 is 0 Å². The Bertz CT molecular complexity index is 1130. The lowest BCUT2D eigenvalue weighted by Gasteiger charge is -2.14. The Morgan fingerprint density at radius 2 is 2.06 bits per heavy atom. The van der Waals surface area contributed by atoms with Gasteiger partial charge in [0.05, 0.1) is 11.3 Å². The van der Waals surface area contributed by atoms with Crippen LogP contribution in [0.25, 0.3) is 0 Å². The molecule has 0 spiro atoms. The summed E-state index contributed by atoms with van der Waals surface area (Å²) >= 11 is 2.86. The smallest absolute Gasteiger partial charge is 0.235 e. The Hall–Kier alpha value is -2.83. The average molecular weight is 468 g/mol. The number of fused-ring (bicyclic) bond motifs is 1. The number of aryl methyl sites for hydroxylation is 1. The highest BCUT2D eigenvalue weighted by Crippen LogP contribution is 2.37. The predicted molar refractivity (Wildman–Crippen MR) is 126 cm³/mol. The number of thiophene rings is 1. The molecule has 0 bridgehead atoms. The van der Waals surface area contributed by atoms with Crippen LogP contribution in [0.15, 0.2) is 35.5 Å². The van der Waals surface area contributed by atoms with Gasteiger partial charge in [-0.15, -0.1) is 21.5 Å². The summed E-state index contributed by atoms with van der Waals surface area (Å²) in [4.78, 5) is 13.9. The number of rotatable bonds is 7. The number of thioether (sulfide) groups is 1. The molecule has 1 aromatic carbocycles. The first-order chi connectivity index (χ1) is 15.6. The standard InChI is InChI=1S/C23H25N5O2S2/c1-15(30-16-9-5-3-6-10-16)21-26-27-23(28(21)2)31-14-20(29)25-22-18(13-24)17-11-7-4-8-12-19(17)32-22/h3,5-6,9-10,15H,4,7-8,11-12,14H2,1-2H3,(H,25,29). The van der Waals surface area contributed by atoms with Crippen molar-refractivity contribution in [2.75, 3.05) is 11.1 Å². The van der Waals surface area contributed by atoms with Crippen molar-refractivity contribution in [2.24, 2.45) is 7.05 Å². The Labute approximate surface area is 195 Å². The second-order valence-corrected chi connectivity index (χ2v) is 9.74. The molecule has 166 valence electrons. The minimum Gasteiger partial charge on any atom is -0.483 e. The highest BCUT2D eigenvalue weighted by atomic mass is 32.2. The molecule has 32 heavy (non-hydrogen) atoms. The highest BCUT2D eigenvalue weighted by molar-refractivity contribution is 7.99. The summed E-state index contributed by atoms with van der Waals surface area (Å²) in [6, 6.07) is 11.9. The summed E-state index contributed by atoms with van der Waals surface area (Å²) in [7, 11) is 1.87. The van der Waals surface area contributed by atoms with Crippen molar-refractivity contribution in [3.8, 4) is 11.8 Å². The molecule has 9 heteroatoms. The zero-order chi connectivity index (χ0) is 22.5. The quantitative estimate of drug-likeness (QED) is 0.393. The van der Waals surface area contributed by atoms with Crippen molar-refractivity contribution in [1.82, 2.24) is 14.8 Å². The number of ether oxygens (including phenoxy) is 1. The summed E-state index contributed by atoms with van der Waals surface area (Å²) in [5.41, 5.74) is 1.77. The van der Waals surface area contributed by atoms with Gasteiger partial charge in [0.15, 0.2) is 17.1 Å². The number of aromatic nitrogens is 3. The molecule has 2 aromatic heterocycles. The molecule has 3 aromatic rings. The Morgan fingerprint density at radius 3 is 2.84 bits per heavy atom. The van der Waals surface area contributed by atoms with Crippen LogP contribution in [-0.2, 0) is 24.7 Å². The third-order valence-corrected chi connectivity index (χ3v) is 7.63. The van der Waals surface area contributed by atoms with E-state index in [1.54, 1.807) is 11.3 Å². The average Bonchev–Trinajstić information content (AvgIpc) is 3.22. The van der Waals surface area contributed by atoms with Crippen molar-refractivity contribution < 1.29 is 9.53 Å². The summed E-state index contributed by atoms with van der Waals surface area (Å²) in [6.45, 7) is 1.92. The Kier molecular flexibility index (Phi) is 7.12. The molecule has 0 saturated carbocycles.